The van der Waals surface area contributed by atoms with Crippen molar-refractivity contribution in [1.82, 2.24) is 4.90 Å². The van der Waals surface area contributed by atoms with Crippen LogP contribution in [0.15, 0.2) is 24.3 Å². The number of hydrogen-bond donors (Lipinski definition) is 0. The molecule has 2 rings (SSSR count). The highest BCUT2D eigenvalue weighted by Gasteiger charge is 2.42. The Labute approximate surface area is 72.6 Å². The van der Waals surface area contributed by atoms with Gasteiger partial charge in [0.2, 0.25) is 0 Å². The van der Waals surface area contributed by atoms with Crippen LogP contribution in [0.3, 0.4) is 0 Å². The number of carbonyl (C=O) groups excluding carboxylic acids is 1. The van der Waals surface area contributed by atoms with Gasteiger partial charge in [0.05, 0.1) is 0 Å². The van der Waals surface area contributed by atoms with E-state index in [1.54, 1.807) is 0 Å². The maximum atomic E-state index is 11.5. The molecule has 64 valence electrons. The number of fused-ring (bicyclic) bond motifs is 2. The van der Waals surface area contributed by atoms with Gasteiger partial charge in [-0.15, -0.1) is 0 Å². The van der Waals surface area contributed by atoms with Gasteiger partial charge in [-0.25, -0.2) is 0 Å². The fourth-order valence-electron chi connectivity index (χ4n) is 2.29. The van der Waals surface area contributed by atoms with Crippen LogP contribution in [-0.4, -0.2) is 29.8 Å². The van der Waals surface area contributed by atoms with Crippen LogP contribution in [0.4, 0.5) is 0 Å². The Kier molecular flexibility index (Phi) is 1.48. The number of ketones is 1. The average molecular weight is 163 g/mol. The number of hydrogen-bond acceptors (Lipinski definition) is 2. The summed E-state index contributed by atoms with van der Waals surface area (Å²) >= 11 is 0. The quantitative estimate of drug-likeness (QED) is 0.499. The Bertz CT molecular complexity index is 254. The van der Waals surface area contributed by atoms with E-state index >= 15 is 0 Å². The molecule has 2 nitrogen and oxygen atoms in total. The van der Waals surface area contributed by atoms with E-state index in [9.17, 15) is 4.79 Å². The molecule has 0 N–H and O–H groups in total. The SMILES string of the molecule is C=C1C(=O)C(=C)C2CCC1N2C. The fourth-order valence-corrected chi connectivity index (χ4v) is 2.29. The van der Waals surface area contributed by atoms with E-state index in [0.29, 0.717) is 0 Å². The molecule has 2 fully saturated rings. The van der Waals surface area contributed by atoms with Crippen LogP contribution >= 0.6 is 0 Å². The van der Waals surface area contributed by atoms with Gasteiger partial charge < -0.3 is 0 Å². The number of rotatable bonds is 0. The minimum atomic E-state index is 0.0978. The van der Waals surface area contributed by atoms with E-state index in [0.717, 1.165) is 24.0 Å². The maximum Gasteiger partial charge on any atom is 0.186 e. The van der Waals surface area contributed by atoms with E-state index in [1.807, 2.05) is 7.05 Å². The summed E-state index contributed by atoms with van der Waals surface area (Å²) in [7, 11) is 2.05. The van der Waals surface area contributed by atoms with Crippen molar-refractivity contribution in [1.29, 1.82) is 0 Å². The Morgan fingerprint density at radius 1 is 1.25 bits per heavy atom. The van der Waals surface area contributed by atoms with Crippen molar-refractivity contribution < 1.29 is 4.79 Å². The summed E-state index contributed by atoms with van der Waals surface area (Å²) in [5.41, 5.74) is 1.47. The van der Waals surface area contributed by atoms with E-state index < -0.39 is 0 Å². The number of likely N-dealkylation sites (N-methyl/N-ethyl adjacent to an activating group) is 1. The van der Waals surface area contributed by atoms with Gasteiger partial charge in [-0.2, -0.15) is 0 Å². The Hall–Kier alpha value is -0.890. The molecule has 0 aromatic rings. The topological polar surface area (TPSA) is 20.3 Å². The molecule has 2 aliphatic heterocycles. The molecule has 2 saturated heterocycles. The van der Waals surface area contributed by atoms with Crippen LogP contribution in [-0.2, 0) is 4.79 Å². The third-order valence-electron chi connectivity index (χ3n) is 3.08. The van der Waals surface area contributed by atoms with Crippen LogP contribution in [0.1, 0.15) is 12.8 Å². The van der Waals surface area contributed by atoms with E-state index in [-0.39, 0.29) is 17.9 Å². The minimum Gasteiger partial charge on any atom is -0.292 e. The zero-order chi connectivity index (χ0) is 8.88. The van der Waals surface area contributed by atoms with Crippen LogP contribution < -0.4 is 0 Å². The number of Topliss-reactive ketones (excluding diaryl/α,β-unsaturated/α-hetero) is 1. The molecule has 2 bridgehead atoms. The first-order valence-electron chi connectivity index (χ1n) is 4.27. The number of nitrogens with zero attached hydrogens (tertiary/aromatic N) is 1. The summed E-state index contributed by atoms with van der Waals surface area (Å²) in [6.07, 6.45) is 2.12. The average Bonchev–Trinajstić information content (AvgIpc) is 2.38. The van der Waals surface area contributed by atoms with Crippen molar-refractivity contribution in [3.63, 3.8) is 0 Å². The van der Waals surface area contributed by atoms with E-state index in [1.165, 1.54) is 0 Å². The summed E-state index contributed by atoms with van der Waals surface area (Å²) in [4.78, 5) is 13.7. The summed E-state index contributed by atoms with van der Waals surface area (Å²) < 4.78 is 0. The van der Waals surface area contributed by atoms with Crippen LogP contribution in [0.5, 0.6) is 0 Å². The predicted octanol–water partition coefficient (Wildman–Crippen LogP) is 1.14. The molecule has 0 spiro atoms. The van der Waals surface area contributed by atoms with Gasteiger partial charge in [-0.05, 0) is 19.9 Å². The zero-order valence-corrected chi connectivity index (χ0v) is 7.34. The first-order valence-corrected chi connectivity index (χ1v) is 4.27. The molecule has 0 aliphatic carbocycles. The Morgan fingerprint density at radius 2 is 1.67 bits per heavy atom. The minimum absolute atomic E-state index is 0.0978. The van der Waals surface area contributed by atoms with Gasteiger partial charge in [0.25, 0.3) is 0 Å². The van der Waals surface area contributed by atoms with Crippen molar-refractivity contribution in [3.8, 4) is 0 Å². The van der Waals surface area contributed by atoms with Crippen LogP contribution in [0.25, 0.3) is 0 Å². The molecule has 12 heavy (non-hydrogen) atoms. The van der Waals surface area contributed by atoms with Gasteiger partial charge in [0, 0.05) is 23.2 Å². The fraction of sp³-hybridized carbons (Fsp3) is 0.500. The van der Waals surface area contributed by atoms with Gasteiger partial charge in [0.1, 0.15) is 0 Å². The lowest BCUT2D eigenvalue weighted by Gasteiger charge is -2.32. The molecule has 0 saturated carbocycles. The van der Waals surface area contributed by atoms with E-state index in [4.69, 9.17) is 0 Å². The van der Waals surface area contributed by atoms with Crippen molar-refractivity contribution >= 4 is 5.78 Å². The van der Waals surface area contributed by atoms with Crippen LogP contribution in [0.2, 0.25) is 0 Å². The standard InChI is InChI=1S/C10H13NO/c1-6-8-4-5-9(11(8)3)7(2)10(6)12/h8-9H,1-2,4-5H2,3H3. The van der Waals surface area contributed by atoms with Crippen molar-refractivity contribution in [2.45, 2.75) is 24.9 Å². The summed E-state index contributed by atoms with van der Waals surface area (Å²) in [6.45, 7) is 7.65. The monoisotopic (exact) mass is 163 g/mol. The highest BCUT2D eigenvalue weighted by molar-refractivity contribution is 6.10. The van der Waals surface area contributed by atoms with Crippen molar-refractivity contribution in [2.24, 2.45) is 0 Å². The third-order valence-corrected chi connectivity index (χ3v) is 3.08. The summed E-state index contributed by atoms with van der Waals surface area (Å²) in [5, 5.41) is 0. The molecule has 2 atom stereocenters. The molecule has 0 aromatic heterocycles. The lowest BCUT2D eigenvalue weighted by Crippen LogP contribution is -2.43. The highest BCUT2D eigenvalue weighted by Crippen LogP contribution is 2.36. The summed E-state index contributed by atoms with van der Waals surface area (Å²) in [5.74, 6) is 0.0978. The number of piperidine rings is 1. The van der Waals surface area contributed by atoms with Gasteiger partial charge in [-0.3, -0.25) is 9.69 Å². The second kappa shape index (κ2) is 2.30. The lowest BCUT2D eigenvalue weighted by molar-refractivity contribution is -0.114. The normalized spacial score (nSPS) is 36.2. The van der Waals surface area contributed by atoms with Gasteiger partial charge in [-0.1, -0.05) is 13.2 Å². The van der Waals surface area contributed by atoms with Crippen LogP contribution in [0, 0.1) is 0 Å². The summed E-state index contributed by atoms with van der Waals surface area (Å²) in [6, 6.07) is 0.570. The van der Waals surface area contributed by atoms with Gasteiger partial charge >= 0.3 is 0 Å². The maximum absolute atomic E-state index is 11.5. The molecule has 2 heteroatoms. The highest BCUT2D eigenvalue weighted by atomic mass is 16.1. The van der Waals surface area contributed by atoms with Crippen molar-refractivity contribution in [2.75, 3.05) is 7.05 Å². The Balaban J connectivity index is 2.42. The Morgan fingerprint density at radius 3 is 2.08 bits per heavy atom. The second-order valence-electron chi connectivity index (χ2n) is 3.65. The third kappa shape index (κ3) is 0.758. The second-order valence-corrected chi connectivity index (χ2v) is 3.65. The molecular weight excluding hydrogens is 150 g/mol. The molecule has 0 radical (unpaired) electrons. The van der Waals surface area contributed by atoms with Crippen molar-refractivity contribution in [3.05, 3.63) is 24.3 Å². The first kappa shape index (κ1) is 7.74. The zero-order valence-electron chi connectivity index (χ0n) is 7.34. The first-order chi connectivity index (χ1) is 5.63. The number of carbonyl (C=O) groups is 1. The lowest BCUT2D eigenvalue weighted by atomic mass is 9.93. The molecule has 2 unspecified atom stereocenters. The smallest absolute Gasteiger partial charge is 0.186 e. The molecule has 2 aliphatic rings. The largest absolute Gasteiger partial charge is 0.292 e. The molecule has 2 heterocycles. The molecule has 0 amide bonds. The predicted molar refractivity (Wildman–Crippen MR) is 47.9 cm³/mol. The van der Waals surface area contributed by atoms with Gasteiger partial charge in [0.15, 0.2) is 5.78 Å². The van der Waals surface area contributed by atoms with E-state index in [2.05, 4.69) is 18.1 Å². The molecule has 0 aromatic carbocycles. The molecular formula is C10H13NO.